The van der Waals surface area contributed by atoms with Crippen LogP contribution in [0.5, 0.6) is 0 Å². The molecule has 0 spiro atoms. The van der Waals surface area contributed by atoms with Gasteiger partial charge in [-0.2, -0.15) is 0 Å². The molecule has 0 amide bonds. The van der Waals surface area contributed by atoms with Crippen molar-refractivity contribution in [3.05, 3.63) is 23.2 Å². The number of halogens is 1. The van der Waals surface area contributed by atoms with Crippen molar-refractivity contribution >= 4 is 40.3 Å². The second-order valence-corrected chi connectivity index (χ2v) is 7.39. The molecule has 5 nitrogen and oxygen atoms in total. The molecule has 2 aliphatic heterocycles. The molecule has 2 heterocycles. The first kappa shape index (κ1) is 18.7. The normalized spacial score (nSPS) is 18.8. The minimum Gasteiger partial charge on any atom is -0.379 e. The zero-order chi connectivity index (χ0) is 17.5. The van der Waals surface area contributed by atoms with E-state index in [0.717, 1.165) is 63.2 Å². The molecule has 1 aromatic carbocycles. The van der Waals surface area contributed by atoms with Gasteiger partial charge in [0.15, 0.2) is 5.11 Å². The summed E-state index contributed by atoms with van der Waals surface area (Å²) in [5.41, 5.74) is 2.17. The average Bonchev–Trinajstić information content (AvgIpc) is 2.63. The molecule has 2 N–H and O–H groups in total. The van der Waals surface area contributed by atoms with Crippen LogP contribution in [0.1, 0.15) is 19.3 Å². The molecule has 0 saturated carbocycles. The Morgan fingerprint density at radius 3 is 2.64 bits per heavy atom. The number of anilines is 2. The summed E-state index contributed by atoms with van der Waals surface area (Å²) < 4.78 is 5.37. The van der Waals surface area contributed by atoms with Crippen LogP contribution in [0, 0.1) is 0 Å². The zero-order valence-electron chi connectivity index (χ0n) is 14.6. The molecule has 0 radical (unpaired) electrons. The van der Waals surface area contributed by atoms with Gasteiger partial charge < -0.3 is 20.3 Å². The van der Waals surface area contributed by atoms with Crippen molar-refractivity contribution in [3.63, 3.8) is 0 Å². The van der Waals surface area contributed by atoms with E-state index in [1.165, 1.54) is 24.9 Å². The third-order valence-electron chi connectivity index (χ3n) is 4.72. The van der Waals surface area contributed by atoms with Crippen LogP contribution in [0.4, 0.5) is 11.4 Å². The minimum atomic E-state index is 0.647. The SMILES string of the molecule is S=C(NCCN1CCOCC1)Nc1cc(Cl)ccc1N1CCCCC1. The number of hydrogen-bond donors (Lipinski definition) is 2. The first-order chi connectivity index (χ1) is 12.2. The summed E-state index contributed by atoms with van der Waals surface area (Å²) >= 11 is 11.7. The topological polar surface area (TPSA) is 39.8 Å². The predicted molar refractivity (Wildman–Crippen MR) is 109 cm³/mol. The lowest BCUT2D eigenvalue weighted by Gasteiger charge is -2.31. The maximum absolute atomic E-state index is 6.20. The highest BCUT2D eigenvalue weighted by atomic mass is 35.5. The summed E-state index contributed by atoms with van der Waals surface area (Å²) in [5, 5.41) is 8.01. The Kier molecular flexibility index (Phi) is 7.16. The molecule has 0 atom stereocenters. The van der Waals surface area contributed by atoms with E-state index in [-0.39, 0.29) is 0 Å². The first-order valence-corrected chi connectivity index (χ1v) is 9.90. The molecule has 25 heavy (non-hydrogen) atoms. The highest BCUT2D eigenvalue weighted by molar-refractivity contribution is 7.80. The molecule has 0 unspecified atom stereocenters. The van der Waals surface area contributed by atoms with Crippen LogP contribution < -0.4 is 15.5 Å². The summed E-state index contributed by atoms with van der Waals surface area (Å²) in [6, 6.07) is 6.00. The smallest absolute Gasteiger partial charge is 0.170 e. The van der Waals surface area contributed by atoms with Crippen molar-refractivity contribution in [1.82, 2.24) is 10.2 Å². The van der Waals surface area contributed by atoms with Crippen LogP contribution in [0.15, 0.2) is 18.2 Å². The van der Waals surface area contributed by atoms with E-state index in [2.05, 4.69) is 26.5 Å². The summed E-state index contributed by atoms with van der Waals surface area (Å²) in [6.07, 6.45) is 3.79. The number of morpholine rings is 1. The van der Waals surface area contributed by atoms with Gasteiger partial charge in [0.2, 0.25) is 0 Å². The van der Waals surface area contributed by atoms with E-state index in [9.17, 15) is 0 Å². The number of ether oxygens (including phenoxy) is 1. The highest BCUT2D eigenvalue weighted by Gasteiger charge is 2.16. The molecular weight excluding hydrogens is 356 g/mol. The Balaban J connectivity index is 1.53. The monoisotopic (exact) mass is 382 g/mol. The van der Waals surface area contributed by atoms with Gasteiger partial charge in [-0.25, -0.2) is 0 Å². The second-order valence-electron chi connectivity index (χ2n) is 6.54. The largest absolute Gasteiger partial charge is 0.379 e. The van der Waals surface area contributed by atoms with Crippen LogP contribution in [0.2, 0.25) is 5.02 Å². The number of piperidine rings is 1. The van der Waals surface area contributed by atoms with Crippen LogP contribution in [0.3, 0.4) is 0 Å². The molecule has 1 aromatic rings. The van der Waals surface area contributed by atoms with Gasteiger partial charge in [0.1, 0.15) is 0 Å². The summed E-state index contributed by atoms with van der Waals surface area (Å²) in [5.74, 6) is 0. The van der Waals surface area contributed by atoms with Crippen LogP contribution in [-0.4, -0.2) is 62.5 Å². The fourth-order valence-corrected chi connectivity index (χ4v) is 3.72. The van der Waals surface area contributed by atoms with Crippen molar-refractivity contribution in [2.75, 3.05) is 62.7 Å². The third kappa shape index (κ3) is 5.71. The molecule has 7 heteroatoms. The van der Waals surface area contributed by atoms with Crippen molar-refractivity contribution in [1.29, 1.82) is 0 Å². The van der Waals surface area contributed by atoms with E-state index in [1.807, 2.05) is 12.1 Å². The second kappa shape index (κ2) is 9.57. The molecule has 2 fully saturated rings. The Hall–Kier alpha value is -1.08. The number of benzene rings is 1. The maximum Gasteiger partial charge on any atom is 0.170 e. The van der Waals surface area contributed by atoms with Crippen molar-refractivity contribution in [2.24, 2.45) is 0 Å². The summed E-state index contributed by atoms with van der Waals surface area (Å²) in [7, 11) is 0. The first-order valence-electron chi connectivity index (χ1n) is 9.12. The number of rotatable bonds is 5. The Bertz CT molecular complexity index is 574. The molecule has 138 valence electrons. The van der Waals surface area contributed by atoms with E-state index in [0.29, 0.717) is 5.11 Å². The van der Waals surface area contributed by atoms with Crippen molar-refractivity contribution < 1.29 is 4.74 Å². The van der Waals surface area contributed by atoms with Gasteiger partial charge in [0.05, 0.1) is 24.6 Å². The van der Waals surface area contributed by atoms with Gasteiger partial charge in [0.25, 0.3) is 0 Å². The van der Waals surface area contributed by atoms with Crippen LogP contribution >= 0.6 is 23.8 Å². The minimum absolute atomic E-state index is 0.647. The summed E-state index contributed by atoms with van der Waals surface area (Å²) in [4.78, 5) is 4.80. The predicted octanol–water partition coefficient (Wildman–Crippen LogP) is 2.95. The van der Waals surface area contributed by atoms with Gasteiger partial charge in [-0.05, 0) is 49.7 Å². The molecular formula is C18H27ClN4OS. The number of nitrogens with zero attached hydrogens (tertiary/aromatic N) is 2. The van der Waals surface area contributed by atoms with Crippen molar-refractivity contribution in [2.45, 2.75) is 19.3 Å². The Morgan fingerprint density at radius 1 is 1.12 bits per heavy atom. The highest BCUT2D eigenvalue weighted by Crippen LogP contribution is 2.31. The lowest BCUT2D eigenvalue weighted by atomic mass is 10.1. The molecule has 0 bridgehead atoms. The van der Waals surface area contributed by atoms with E-state index < -0.39 is 0 Å². The molecule has 0 aliphatic carbocycles. The maximum atomic E-state index is 6.20. The lowest BCUT2D eigenvalue weighted by molar-refractivity contribution is 0.0389. The summed E-state index contributed by atoms with van der Waals surface area (Å²) in [6.45, 7) is 7.62. The Morgan fingerprint density at radius 2 is 1.88 bits per heavy atom. The molecule has 0 aromatic heterocycles. The van der Waals surface area contributed by atoms with E-state index in [4.69, 9.17) is 28.6 Å². The fraction of sp³-hybridized carbons (Fsp3) is 0.611. The average molecular weight is 383 g/mol. The van der Waals surface area contributed by atoms with Gasteiger partial charge in [-0.15, -0.1) is 0 Å². The van der Waals surface area contributed by atoms with E-state index >= 15 is 0 Å². The quantitative estimate of drug-likeness (QED) is 0.763. The molecule has 2 aliphatic rings. The van der Waals surface area contributed by atoms with Crippen LogP contribution in [0.25, 0.3) is 0 Å². The van der Waals surface area contributed by atoms with Crippen molar-refractivity contribution in [3.8, 4) is 0 Å². The standard InChI is InChI=1S/C18H27ClN4OS/c19-15-4-5-17(23-7-2-1-3-8-23)16(14-15)21-18(25)20-6-9-22-10-12-24-13-11-22/h4-5,14H,1-3,6-13H2,(H2,20,21,25). The fourth-order valence-electron chi connectivity index (χ4n) is 3.34. The zero-order valence-corrected chi connectivity index (χ0v) is 16.2. The van der Waals surface area contributed by atoms with Crippen LogP contribution in [-0.2, 0) is 4.74 Å². The Labute approximate surface area is 160 Å². The van der Waals surface area contributed by atoms with Gasteiger partial charge in [0, 0.05) is 44.3 Å². The molecule has 3 rings (SSSR count). The van der Waals surface area contributed by atoms with Gasteiger partial charge in [-0.1, -0.05) is 11.6 Å². The molecule has 2 saturated heterocycles. The van der Waals surface area contributed by atoms with Gasteiger partial charge >= 0.3 is 0 Å². The number of hydrogen-bond acceptors (Lipinski definition) is 4. The number of nitrogens with one attached hydrogen (secondary N) is 2. The van der Waals surface area contributed by atoms with E-state index in [1.54, 1.807) is 0 Å². The van der Waals surface area contributed by atoms with Gasteiger partial charge in [-0.3, -0.25) is 4.90 Å². The number of thiocarbonyl (C=S) groups is 1. The third-order valence-corrected chi connectivity index (χ3v) is 5.20. The lowest BCUT2D eigenvalue weighted by Crippen LogP contribution is -2.42.